The SMILES string of the molecule is c1ccc2c(c1)Oc1ccccc1C21c2ccccc2-c2ccc(N(c3ccc4c(c3)C3(c5ccccc5Oc5ccccc53)c3ccccc3-4)c3cccc4sc5ccccc5c34)cc21. The van der Waals surface area contributed by atoms with Gasteiger partial charge in [-0.25, -0.2) is 0 Å². The van der Waals surface area contributed by atoms with Gasteiger partial charge in [-0.2, -0.15) is 0 Å². The van der Waals surface area contributed by atoms with Gasteiger partial charge in [-0.15, -0.1) is 11.3 Å². The van der Waals surface area contributed by atoms with E-state index in [0.29, 0.717) is 0 Å². The number of fused-ring (bicyclic) bond motifs is 21. The van der Waals surface area contributed by atoms with Crippen LogP contribution >= 0.6 is 11.3 Å². The molecule has 0 bridgehead atoms. The normalized spacial score (nSPS) is 14.5. The summed E-state index contributed by atoms with van der Waals surface area (Å²) in [6.07, 6.45) is 0. The van der Waals surface area contributed by atoms with E-state index in [2.05, 4.69) is 229 Å². The molecule has 4 heteroatoms. The van der Waals surface area contributed by atoms with E-state index in [9.17, 15) is 0 Å². The molecule has 0 saturated carbocycles. The highest BCUT2D eigenvalue weighted by atomic mass is 32.1. The number of ether oxygens (including phenoxy) is 2. The van der Waals surface area contributed by atoms with Crippen LogP contribution in [-0.2, 0) is 10.8 Å². The second-order valence-corrected chi connectivity index (χ2v) is 18.9. The zero-order valence-corrected chi connectivity index (χ0v) is 36.4. The van der Waals surface area contributed by atoms with Gasteiger partial charge in [0.1, 0.15) is 23.0 Å². The van der Waals surface area contributed by atoms with Gasteiger partial charge in [0.2, 0.25) is 0 Å². The van der Waals surface area contributed by atoms with Gasteiger partial charge in [0, 0.05) is 53.8 Å². The third kappa shape index (κ3) is 4.51. The van der Waals surface area contributed by atoms with Gasteiger partial charge < -0.3 is 14.4 Å². The molecule has 0 saturated heterocycles. The van der Waals surface area contributed by atoms with Crippen molar-refractivity contribution < 1.29 is 9.47 Å². The second-order valence-electron chi connectivity index (χ2n) is 17.8. The molecule has 0 amide bonds. The van der Waals surface area contributed by atoms with Crippen molar-refractivity contribution in [3.05, 3.63) is 269 Å². The third-order valence-corrected chi connectivity index (χ3v) is 15.9. The monoisotopic (exact) mass is 859 g/mol. The summed E-state index contributed by atoms with van der Waals surface area (Å²) in [6.45, 7) is 0. The summed E-state index contributed by atoms with van der Waals surface area (Å²) in [7, 11) is 0. The van der Waals surface area contributed by atoms with Crippen LogP contribution in [0.25, 0.3) is 42.4 Å². The Labute approximate surface area is 386 Å². The Bertz CT molecular complexity index is 3590. The Balaban J connectivity index is 1.05. The Morgan fingerprint density at radius 1 is 0.318 bits per heavy atom. The largest absolute Gasteiger partial charge is 0.457 e. The summed E-state index contributed by atoms with van der Waals surface area (Å²) in [5.74, 6) is 3.54. The van der Waals surface area contributed by atoms with Crippen molar-refractivity contribution in [2.75, 3.05) is 4.90 Å². The minimum atomic E-state index is -0.612. The van der Waals surface area contributed by atoms with E-state index in [1.54, 1.807) is 0 Å². The number of anilines is 3. The maximum Gasteiger partial charge on any atom is 0.132 e. The molecule has 0 radical (unpaired) electrons. The minimum Gasteiger partial charge on any atom is -0.457 e. The summed E-state index contributed by atoms with van der Waals surface area (Å²) >= 11 is 1.86. The average molecular weight is 860 g/mol. The molecule has 308 valence electrons. The molecule has 0 unspecified atom stereocenters. The van der Waals surface area contributed by atoms with Crippen molar-refractivity contribution in [2.24, 2.45) is 0 Å². The number of thiophene rings is 1. The fourth-order valence-electron chi connectivity index (χ4n) is 12.3. The van der Waals surface area contributed by atoms with E-state index >= 15 is 0 Å². The number of nitrogens with zero attached hydrogens (tertiary/aromatic N) is 1. The van der Waals surface area contributed by atoms with Crippen molar-refractivity contribution >= 4 is 48.6 Å². The van der Waals surface area contributed by atoms with Crippen LogP contribution < -0.4 is 14.4 Å². The number of benzene rings is 10. The quantitative estimate of drug-likeness (QED) is 0.177. The van der Waals surface area contributed by atoms with Crippen LogP contribution in [0.3, 0.4) is 0 Å². The first kappa shape index (κ1) is 36.2. The van der Waals surface area contributed by atoms with Crippen LogP contribution in [0.5, 0.6) is 23.0 Å². The molecule has 2 aliphatic heterocycles. The lowest BCUT2D eigenvalue weighted by atomic mass is 9.66. The smallest absolute Gasteiger partial charge is 0.132 e. The van der Waals surface area contributed by atoms with Crippen molar-refractivity contribution in [3.8, 4) is 45.3 Å². The summed E-state index contributed by atoms with van der Waals surface area (Å²) in [4.78, 5) is 2.53. The van der Waals surface area contributed by atoms with Crippen LogP contribution in [0.2, 0.25) is 0 Å². The van der Waals surface area contributed by atoms with Gasteiger partial charge in [0.05, 0.1) is 16.5 Å². The minimum absolute atomic E-state index is 0.612. The lowest BCUT2D eigenvalue weighted by molar-refractivity contribution is 0.436. The number of rotatable bonds is 3. The van der Waals surface area contributed by atoms with Gasteiger partial charge in [0.25, 0.3) is 0 Å². The average Bonchev–Trinajstić information content (AvgIpc) is 4.00. The molecule has 0 fully saturated rings. The Morgan fingerprint density at radius 2 is 0.712 bits per heavy atom. The molecule has 15 rings (SSSR count). The zero-order chi connectivity index (χ0) is 43.1. The van der Waals surface area contributed by atoms with Crippen LogP contribution in [-0.4, -0.2) is 0 Å². The predicted octanol–water partition coefficient (Wildman–Crippen LogP) is 16.5. The summed E-state index contributed by atoms with van der Waals surface area (Å²) in [6, 6.07) is 82.5. The molecule has 0 N–H and O–H groups in total. The topological polar surface area (TPSA) is 21.7 Å². The van der Waals surface area contributed by atoms with E-state index in [1.165, 1.54) is 64.7 Å². The molecule has 4 aliphatic rings. The van der Waals surface area contributed by atoms with E-state index < -0.39 is 10.8 Å². The standard InChI is InChI=1S/C62H37NO2S/c1-4-19-45-40(16-1)42-34-32-38(36-51(42)61(45)47-21-6-10-26-54(47)64-55-27-11-7-22-48(55)61)63(53-25-15-31-59-60(53)44-18-3-14-30-58(44)66-59)39-33-35-43-41-17-2-5-20-46(41)62(52(43)37-39)49-23-8-12-28-56(49)65-57-29-13-9-24-50(57)62/h1-37H. The van der Waals surface area contributed by atoms with Crippen LogP contribution in [0.15, 0.2) is 224 Å². The first-order chi connectivity index (χ1) is 32.7. The molecule has 10 aromatic carbocycles. The first-order valence-corrected chi connectivity index (χ1v) is 23.5. The maximum absolute atomic E-state index is 6.75. The molecule has 0 atom stereocenters. The van der Waals surface area contributed by atoms with Crippen molar-refractivity contribution in [1.29, 1.82) is 0 Å². The Hall–Kier alpha value is -8.18. The number of para-hydroxylation sites is 4. The van der Waals surface area contributed by atoms with Gasteiger partial charge in [-0.05, 0) is 111 Å². The fourth-order valence-corrected chi connectivity index (χ4v) is 13.5. The summed E-state index contributed by atoms with van der Waals surface area (Å²) in [5.41, 5.74) is 16.7. The lowest BCUT2D eigenvalue weighted by Crippen LogP contribution is -2.32. The van der Waals surface area contributed by atoms with Gasteiger partial charge in [-0.1, -0.05) is 158 Å². The number of hydrogen-bond donors (Lipinski definition) is 0. The molecule has 3 nitrogen and oxygen atoms in total. The molecule has 2 spiro atoms. The van der Waals surface area contributed by atoms with E-state index in [4.69, 9.17) is 9.47 Å². The van der Waals surface area contributed by atoms with Crippen molar-refractivity contribution in [1.82, 2.24) is 0 Å². The van der Waals surface area contributed by atoms with Crippen molar-refractivity contribution in [3.63, 3.8) is 0 Å². The number of hydrogen-bond acceptors (Lipinski definition) is 4. The van der Waals surface area contributed by atoms with Crippen LogP contribution in [0, 0.1) is 0 Å². The maximum atomic E-state index is 6.75. The molecule has 11 aromatic rings. The van der Waals surface area contributed by atoms with Crippen LogP contribution in [0.4, 0.5) is 17.1 Å². The fraction of sp³-hybridized carbons (Fsp3) is 0.0323. The first-order valence-electron chi connectivity index (χ1n) is 22.7. The second kappa shape index (κ2) is 13.2. The van der Waals surface area contributed by atoms with E-state index in [-0.39, 0.29) is 0 Å². The van der Waals surface area contributed by atoms with Crippen molar-refractivity contribution in [2.45, 2.75) is 10.8 Å². The zero-order valence-electron chi connectivity index (χ0n) is 35.5. The van der Waals surface area contributed by atoms with Gasteiger partial charge >= 0.3 is 0 Å². The molecule has 66 heavy (non-hydrogen) atoms. The molecule has 3 heterocycles. The third-order valence-electron chi connectivity index (χ3n) is 14.8. The molecular weight excluding hydrogens is 823 g/mol. The predicted molar refractivity (Wildman–Crippen MR) is 269 cm³/mol. The highest BCUT2D eigenvalue weighted by Gasteiger charge is 2.53. The lowest BCUT2D eigenvalue weighted by Gasteiger charge is -2.40. The van der Waals surface area contributed by atoms with Gasteiger partial charge in [0.15, 0.2) is 0 Å². The highest BCUT2D eigenvalue weighted by molar-refractivity contribution is 7.26. The van der Waals surface area contributed by atoms with E-state index in [1.807, 2.05) is 11.3 Å². The molecule has 1 aromatic heterocycles. The molecular formula is C62H37NO2S. The Morgan fingerprint density at radius 3 is 1.21 bits per heavy atom. The van der Waals surface area contributed by atoms with Gasteiger partial charge in [-0.3, -0.25) is 0 Å². The molecule has 2 aliphatic carbocycles. The van der Waals surface area contributed by atoms with E-state index in [0.717, 1.165) is 62.3 Å². The summed E-state index contributed by atoms with van der Waals surface area (Å²) in [5, 5.41) is 2.51. The van der Waals surface area contributed by atoms with Crippen LogP contribution in [0.1, 0.15) is 44.5 Å². The highest BCUT2D eigenvalue weighted by Crippen LogP contribution is 2.65. The summed E-state index contributed by atoms with van der Waals surface area (Å²) < 4.78 is 16.0. The Kier molecular flexibility index (Phi) is 7.24.